The number of amides is 2. The highest BCUT2D eigenvalue weighted by atomic mass is 35.5. The minimum atomic E-state index is -0.373. The Balaban J connectivity index is 1.97. The van der Waals surface area contributed by atoms with Crippen molar-refractivity contribution in [1.82, 2.24) is 9.97 Å². The van der Waals surface area contributed by atoms with Crippen LogP contribution in [0.1, 0.15) is 9.67 Å². The highest BCUT2D eigenvalue weighted by molar-refractivity contribution is 7.21. The lowest BCUT2D eigenvalue weighted by Crippen LogP contribution is -2.13. The minimum absolute atomic E-state index is 0.359. The van der Waals surface area contributed by atoms with Crippen molar-refractivity contribution in [2.24, 2.45) is 0 Å². The number of nitrogens with one attached hydrogen (secondary N) is 2. The van der Waals surface area contributed by atoms with Crippen LogP contribution in [0.2, 0.25) is 5.02 Å². The molecule has 0 saturated carbocycles. The molecule has 0 unspecified atom stereocenters. The van der Waals surface area contributed by atoms with Crippen LogP contribution in [0.4, 0.5) is 11.5 Å². The summed E-state index contributed by atoms with van der Waals surface area (Å²) < 4.78 is 0. The first-order chi connectivity index (χ1) is 10.7. The number of nitrogens with zero attached hydrogens (tertiary/aromatic N) is 2. The Kier molecular flexibility index (Phi) is 3.99. The van der Waals surface area contributed by atoms with E-state index >= 15 is 0 Å². The third-order valence-electron chi connectivity index (χ3n) is 2.84. The molecule has 0 atom stereocenters. The lowest BCUT2D eigenvalue weighted by atomic mass is 10.2. The molecule has 3 aromatic rings. The molecular formula is C14H9ClN4O2S. The lowest BCUT2D eigenvalue weighted by molar-refractivity contribution is -0.105. The van der Waals surface area contributed by atoms with E-state index in [-0.39, 0.29) is 5.91 Å². The molecule has 0 spiro atoms. The van der Waals surface area contributed by atoms with Crippen molar-refractivity contribution in [2.45, 2.75) is 0 Å². The summed E-state index contributed by atoms with van der Waals surface area (Å²) in [5, 5.41) is 6.42. The monoisotopic (exact) mass is 332 g/mol. The number of thiophene rings is 1. The van der Waals surface area contributed by atoms with Crippen molar-refractivity contribution in [3.63, 3.8) is 0 Å². The second kappa shape index (κ2) is 6.08. The summed E-state index contributed by atoms with van der Waals surface area (Å²) in [5.41, 5.74) is 0.439. The number of pyridine rings is 2. The molecule has 22 heavy (non-hydrogen) atoms. The van der Waals surface area contributed by atoms with Gasteiger partial charge in [-0.15, -0.1) is 11.3 Å². The summed E-state index contributed by atoms with van der Waals surface area (Å²) in [7, 11) is 0. The normalized spacial score (nSPS) is 10.4. The van der Waals surface area contributed by atoms with Crippen LogP contribution in [-0.4, -0.2) is 22.3 Å². The topological polar surface area (TPSA) is 84.0 Å². The fourth-order valence-electron chi connectivity index (χ4n) is 1.92. The number of anilines is 2. The molecule has 3 rings (SSSR count). The number of rotatable bonds is 4. The number of aromatic nitrogens is 2. The van der Waals surface area contributed by atoms with Gasteiger partial charge in [-0.1, -0.05) is 11.6 Å². The molecule has 2 N–H and O–H groups in total. The number of carbonyl (C=O) groups excluding carboxylic acids is 2. The first kappa shape index (κ1) is 14.4. The molecule has 0 radical (unpaired) electrons. The smallest absolute Gasteiger partial charge is 0.269 e. The van der Waals surface area contributed by atoms with Crippen molar-refractivity contribution < 1.29 is 9.59 Å². The maximum absolute atomic E-state index is 12.4. The van der Waals surface area contributed by atoms with Gasteiger partial charge in [0.2, 0.25) is 6.41 Å². The predicted octanol–water partition coefficient (Wildman–Crippen LogP) is 3.17. The van der Waals surface area contributed by atoms with Gasteiger partial charge in [-0.3, -0.25) is 9.59 Å². The van der Waals surface area contributed by atoms with E-state index in [1.54, 1.807) is 30.5 Å². The highest BCUT2D eigenvalue weighted by Gasteiger charge is 2.19. The molecular weight excluding hydrogens is 324 g/mol. The molecule has 8 heteroatoms. The quantitative estimate of drug-likeness (QED) is 0.719. The first-order valence-electron chi connectivity index (χ1n) is 6.19. The SMILES string of the molecule is O=CNc1c(C(=O)Nc2ccc(Cl)cn2)sc2ncccc12. The number of hydrogen-bond donors (Lipinski definition) is 2. The molecule has 0 aromatic carbocycles. The van der Waals surface area contributed by atoms with Crippen LogP contribution in [0.25, 0.3) is 10.2 Å². The van der Waals surface area contributed by atoms with Gasteiger partial charge in [-0.2, -0.15) is 0 Å². The van der Waals surface area contributed by atoms with E-state index in [4.69, 9.17) is 11.6 Å². The fourth-order valence-corrected chi connectivity index (χ4v) is 3.03. The van der Waals surface area contributed by atoms with E-state index in [1.165, 1.54) is 17.5 Å². The molecule has 6 nitrogen and oxygen atoms in total. The number of hydrogen-bond acceptors (Lipinski definition) is 5. The van der Waals surface area contributed by atoms with Gasteiger partial charge in [0.05, 0.1) is 10.7 Å². The first-order valence-corrected chi connectivity index (χ1v) is 7.39. The van der Waals surface area contributed by atoms with Gasteiger partial charge in [-0.25, -0.2) is 9.97 Å². The molecule has 110 valence electrons. The van der Waals surface area contributed by atoms with Crippen LogP contribution in [-0.2, 0) is 4.79 Å². The summed E-state index contributed by atoms with van der Waals surface area (Å²) >= 11 is 6.95. The van der Waals surface area contributed by atoms with Crippen LogP contribution in [0, 0.1) is 0 Å². The van der Waals surface area contributed by atoms with Crippen LogP contribution in [0.15, 0.2) is 36.7 Å². The zero-order valence-electron chi connectivity index (χ0n) is 11.0. The predicted molar refractivity (Wildman–Crippen MR) is 86.5 cm³/mol. The molecule has 3 aromatic heterocycles. The number of halogens is 1. The molecule has 0 aliphatic rings. The van der Waals surface area contributed by atoms with Gasteiger partial charge in [0.15, 0.2) is 0 Å². The Morgan fingerprint density at radius 3 is 2.86 bits per heavy atom. The Bertz CT molecular complexity index is 848. The third kappa shape index (κ3) is 2.76. The van der Waals surface area contributed by atoms with E-state index in [2.05, 4.69) is 20.6 Å². The third-order valence-corrected chi connectivity index (χ3v) is 4.18. The van der Waals surface area contributed by atoms with Crippen molar-refractivity contribution in [3.05, 3.63) is 46.6 Å². The maximum atomic E-state index is 12.4. The Morgan fingerprint density at radius 2 is 2.14 bits per heavy atom. The molecule has 0 bridgehead atoms. The van der Waals surface area contributed by atoms with Crippen LogP contribution in [0.3, 0.4) is 0 Å². The molecule has 2 amide bonds. The van der Waals surface area contributed by atoms with Gasteiger partial charge >= 0.3 is 0 Å². The summed E-state index contributed by atoms with van der Waals surface area (Å²) in [4.78, 5) is 32.4. The van der Waals surface area contributed by atoms with E-state index in [0.29, 0.717) is 38.0 Å². The van der Waals surface area contributed by atoms with Gasteiger partial charge in [0.1, 0.15) is 15.5 Å². The molecule has 0 saturated heterocycles. The van der Waals surface area contributed by atoms with E-state index in [9.17, 15) is 9.59 Å². The van der Waals surface area contributed by atoms with E-state index in [0.717, 1.165) is 0 Å². The van der Waals surface area contributed by atoms with Gasteiger partial charge < -0.3 is 10.6 Å². The number of carbonyl (C=O) groups is 2. The van der Waals surface area contributed by atoms with Crippen LogP contribution >= 0.6 is 22.9 Å². The van der Waals surface area contributed by atoms with Crippen molar-refractivity contribution in [2.75, 3.05) is 10.6 Å². The second-order valence-electron chi connectivity index (χ2n) is 4.24. The van der Waals surface area contributed by atoms with E-state index in [1.807, 2.05) is 0 Å². The average molecular weight is 333 g/mol. The standard InChI is InChI=1S/C14H9ClN4O2S/c15-8-3-4-10(17-6-8)19-13(21)12-11(18-7-20)9-2-1-5-16-14(9)22-12/h1-7H,(H,18,20)(H,17,19,21). The molecule has 0 fully saturated rings. The fraction of sp³-hybridized carbons (Fsp3) is 0. The molecule has 0 aliphatic heterocycles. The number of fused-ring (bicyclic) bond motifs is 1. The summed E-state index contributed by atoms with van der Waals surface area (Å²) in [6.07, 6.45) is 3.60. The Labute approximate surface area is 134 Å². The van der Waals surface area contributed by atoms with Gasteiger partial charge in [0, 0.05) is 17.8 Å². The zero-order valence-corrected chi connectivity index (χ0v) is 12.6. The maximum Gasteiger partial charge on any atom is 0.269 e. The Morgan fingerprint density at radius 1 is 1.27 bits per heavy atom. The highest BCUT2D eigenvalue weighted by Crippen LogP contribution is 2.34. The summed E-state index contributed by atoms with van der Waals surface area (Å²) in [6.45, 7) is 0. The van der Waals surface area contributed by atoms with Crippen molar-refractivity contribution in [3.8, 4) is 0 Å². The van der Waals surface area contributed by atoms with Gasteiger partial charge in [-0.05, 0) is 24.3 Å². The summed E-state index contributed by atoms with van der Waals surface area (Å²) in [6, 6.07) is 6.76. The van der Waals surface area contributed by atoms with Crippen LogP contribution in [0.5, 0.6) is 0 Å². The lowest BCUT2D eigenvalue weighted by Gasteiger charge is -2.04. The zero-order chi connectivity index (χ0) is 15.5. The second-order valence-corrected chi connectivity index (χ2v) is 5.68. The van der Waals surface area contributed by atoms with Gasteiger partial charge in [0.25, 0.3) is 5.91 Å². The molecule has 0 aliphatic carbocycles. The Hall–Kier alpha value is -2.51. The largest absolute Gasteiger partial charge is 0.327 e. The van der Waals surface area contributed by atoms with Crippen molar-refractivity contribution >= 4 is 57.0 Å². The van der Waals surface area contributed by atoms with E-state index < -0.39 is 0 Å². The summed E-state index contributed by atoms with van der Waals surface area (Å²) in [5.74, 6) is -0.000888. The van der Waals surface area contributed by atoms with Crippen LogP contribution < -0.4 is 10.6 Å². The molecule has 3 heterocycles. The van der Waals surface area contributed by atoms with Crippen molar-refractivity contribution in [1.29, 1.82) is 0 Å². The minimum Gasteiger partial charge on any atom is -0.327 e. The average Bonchev–Trinajstić information content (AvgIpc) is 2.89.